The van der Waals surface area contributed by atoms with E-state index in [0.717, 1.165) is 13.1 Å². The van der Waals surface area contributed by atoms with Crippen molar-refractivity contribution in [1.29, 1.82) is 0 Å². The number of amides is 1. The van der Waals surface area contributed by atoms with Crippen LogP contribution in [0.25, 0.3) is 0 Å². The molecule has 0 bridgehead atoms. The Balaban J connectivity index is 0.00000240. The summed E-state index contributed by atoms with van der Waals surface area (Å²) >= 11 is 0. The molecule has 0 N–H and O–H groups in total. The van der Waals surface area contributed by atoms with Gasteiger partial charge in [-0.3, -0.25) is 9.69 Å². The molecule has 2 heterocycles. The van der Waals surface area contributed by atoms with Gasteiger partial charge in [-0.25, -0.2) is 8.42 Å². The molecule has 2 aliphatic heterocycles. The van der Waals surface area contributed by atoms with E-state index in [-0.39, 0.29) is 35.4 Å². The van der Waals surface area contributed by atoms with Gasteiger partial charge < -0.3 is 4.90 Å². The zero-order chi connectivity index (χ0) is 19.7. The topological polar surface area (TPSA) is 57.7 Å². The monoisotopic (exact) mass is 434 g/mol. The number of sulfone groups is 1. The molecule has 7 heteroatoms. The van der Waals surface area contributed by atoms with Crippen molar-refractivity contribution >= 4 is 28.2 Å². The zero-order valence-corrected chi connectivity index (χ0v) is 18.1. The van der Waals surface area contributed by atoms with Crippen molar-refractivity contribution in [2.45, 2.75) is 17.4 Å². The van der Waals surface area contributed by atoms with Crippen molar-refractivity contribution in [2.75, 3.05) is 32.4 Å². The SMILES string of the molecule is CN1C[C@H]2CN(C(=O)CCS(=O)(=O)c3ccccc3)C[C@H]2[C@@H]1c1ccccc1.Cl. The third-order valence-electron chi connectivity index (χ3n) is 6.08. The first-order chi connectivity index (χ1) is 13.5. The predicted molar refractivity (Wildman–Crippen MR) is 116 cm³/mol. The number of halogens is 1. The Kier molecular flexibility index (Phi) is 6.66. The summed E-state index contributed by atoms with van der Waals surface area (Å²) in [5.74, 6) is 0.666. The van der Waals surface area contributed by atoms with Gasteiger partial charge in [0.05, 0.1) is 10.6 Å². The molecule has 0 aromatic heterocycles. The van der Waals surface area contributed by atoms with E-state index in [2.05, 4.69) is 36.2 Å². The Morgan fingerprint density at radius 3 is 2.24 bits per heavy atom. The third kappa shape index (κ3) is 4.49. The largest absolute Gasteiger partial charge is 0.342 e. The molecule has 29 heavy (non-hydrogen) atoms. The number of carbonyl (C=O) groups is 1. The molecule has 2 aromatic carbocycles. The van der Waals surface area contributed by atoms with E-state index in [9.17, 15) is 13.2 Å². The Morgan fingerprint density at radius 2 is 1.59 bits per heavy atom. The summed E-state index contributed by atoms with van der Waals surface area (Å²) in [4.78, 5) is 17.3. The van der Waals surface area contributed by atoms with Gasteiger partial charge in [0.1, 0.15) is 0 Å². The highest BCUT2D eigenvalue weighted by molar-refractivity contribution is 7.91. The van der Waals surface area contributed by atoms with Gasteiger partial charge in [-0.05, 0) is 30.7 Å². The minimum Gasteiger partial charge on any atom is -0.342 e. The van der Waals surface area contributed by atoms with E-state index < -0.39 is 9.84 Å². The number of nitrogens with zero attached hydrogens (tertiary/aromatic N) is 2. The van der Waals surface area contributed by atoms with Crippen molar-refractivity contribution in [2.24, 2.45) is 11.8 Å². The second-order valence-corrected chi connectivity index (χ2v) is 10.0. The summed E-state index contributed by atoms with van der Waals surface area (Å²) in [5, 5.41) is 0. The number of hydrogen-bond donors (Lipinski definition) is 0. The molecule has 0 aliphatic carbocycles. The maximum absolute atomic E-state index is 12.7. The lowest BCUT2D eigenvalue weighted by Gasteiger charge is -2.27. The van der Waals surface area contributed by atoms with Crippen molar-refractivity contribution in [3.8, 4) is 0 Å². The van der Waals surface area contributed by atoms with Gasteiger partial charge in [0, 0.05) is 38.0 Å². The van der Waals surface area contributed by atoms with Crippen LogP contribution in [0, 0.1) is 11.8 Å². The van der Waals surface area contributed by atoms with Crippen LogP contribution >= 0.6 is 12.4 Å². The van der Waals surface area contributed by atoms with Crippen LogP contribution < -0.4 is 0 Å². The molecule has 4 rings (SSSR count). The normalized spacial score (nSPS) is 24.2. The lowest BCUT2D eigenvalue weighted by atomic mass is 9.90. The fourth-order valence-electron chi connectivity index (χ4n) is 4.74. The number of hydrogen-bond acceptors (Lipinski definition) is 4. The van der Waals surface area contributed by atoms with E-state index >= 15 is 0 Å². The van der Waals surface area contributed by atoms with Gasteiger partial charge in [-0.15, -0.1) is 12.4 Å². The number of rotatable bonds is 5. The van der Waals surface area contributed by atoms with Crippen molar-refractivity contribution < 1.29 is 13.2 Å². The highest BCUT2D eigenvalue weighted by Gasteiger charge is 2.47. The summed E-state index contributed by atoms with van der Waals surface area (Å²) in [6, 6.07) is 19.1. The Morgan fingerprint density at radius 1 is 0.966 bits per heavy atom. The van der Waals surface area contributed by atoms with Crippen LogP contribution in [0.4, 0.5) is 0 Å². The van der Waals surface area contributed by atoms with Crippen LogP contribution in [0.2, 0.25) is 0 Å². The number of likely N-dealkylation sites (tertiary alicyclic amines) is 2. The van der Waals surface area contributed by atoms with Gasteiger partial charge in [-0.1, -0.05) is 48.5 Å². The summed E-state index contributed by atoms with van der Waals surface area (Å²) in [7, 11) is -1.27. The summed E-state index contributed by atoms with van der Waals surface area (Å²) < 4.78 is 24.9. The van der Waals surface area contributed by atoms with Gasteiger partial charge in [-0.2, -0.15) is 0 Å². The first kappa shape index (κ1) is 21.8. The van der Waals surface area contributed by atoms with E-state index in [1.807, 2.05) is 11.0 Å². The highest BCUT2D eigenvalue weighted by atomic mass is 35.5. The van der Waals surface area contributed by atoms with E-state index in [1.165, 1.54) is 5.56 Å². The maximum Gasteiger partial charge on any atom is 0.223 e. The molecule has 2 saturated heterocycles. The lowest BCUT2D eigenvalue weighted by Crippen LogP contribution is -2.34. The Labute approximate surface area is 179 Å². The maximum atomic E-state index is 12.7. The molecule has 1 amide bonds. The van der Waals surface area contributed by atoms with Crippen LogP contribution in [-0.4, -0.2) is 56.6 Å². The molecular weight excluding hydrogens is 408 g/mol. The van der Waals surface area contributed by atoms with Crippen molar-refractivity contribution in [3.05, 3.63) is 66.2 Å². The Hall–Kier alpha value is -1.89. The van der Waals surface area contributed by atoms with E-state index in [4.69, 9.17) is 0 Å². The molecule has 5 nitrogen and oxygen atoms in total. The van der Waals surface area contributed by atoms with Crippen LogP contribution in [-0.2, 0) is 14.6 Å². The summed E-state index contributed by atoms with van der Waals surface area (Å²) in [6.45, 7) is 2.40. The lowest BCUT2D eigenvalue weighted by molar-refractivity contribution is -0.130. The second-order valence-electron chi connectivity index (χ2n) is 7.90. The predicted octanol–water partition coefficient (Wildman–Crippen LogP) is 3.03. The van der Waals surface area contributed by atoms with Crippen molar-refractivity contribution in [3.63, 3.8) is 0 Å². The minimum atomic E-state index is -3.42. The molecular formula is C22H27ClN2O3S. The minimum absolute atomic E-state index is 0. The first-order valence-corrected chi connectivity index (χ1v) is 11.4. The van der Waals surface area contributed by atoms with Gasteiger partial charge >= 0.3 is 0 Å². The fourth-order valence-corrected chi connectivity index (χ4v) is 5.99. The Bertz CT molecular complexity index is 937. The van der Waals surface area contributed by atoms with E-state index in [0.29, 0.717) is 24.4 Å². The quantitative estimate of drug-likeness (QED) is 0.725. The second kappa shape index (κ2) is 8.86. The number of fused-ring (bicyclic) bond motifs is 1. The molecule has 2 aliphatic rings. The highest BCUT2D eigenvalue weighted by Crippen LogP contribution is 2.44. The van der Waals surface area contributed by atoms with Gasteiger partial charge in [0.2, 0.25) is 5.91 Å². The molecule has 2 fully saturated rings. The molecule has 0 unspecified atom stereocenters. The van der Waals surface area contributed by atoms with Crippen LogP contribution in [0.5, 0.6) is 0 Å². The van der Waals surface area contributed by atoms with Crippen LogP contribution in [0.3, 0.4) is 0 Å². The zero-order valence-electron chi connectivity index (χ0n) is 16.5. The fraction of sp³-hybridized carbons (Fsp3) is 0.409. The number of carbonyl (C=O) groups excluding carboxylic acids is 1. The molecule has 0 saturated carbocycles. The van der Waals surface area contributed by atoms with Gasteiger partial charge in [0.15, 0.2) is 9.84 Å². The van der Waals surface area contributed by atoms with E-state index in [1.54, 1.807) is 30.3 Å². The van der Waals surface area contributed by atoms with Crippen LogP contribution in [0.15, 0.2) is 65.6 Å². The third-order valence-corrected chi connectivity index (χ3v) is 7.81. The van der Waals surface area contributed by atoms with Gasteiger partial charge in [0.25, 0.3) is 0 Å². The molecule has 2 aromatic rings. The van der Waals surface area contributed by atoms with Crippen LogP contribution in [0.1, 0.15) is 18.0 Å². The smallest absolute Gasteiger partial charge is 0.223 e. The molecule has 0 spiro atoms. The summed E-state index contributed by atoms with van der Waals surface area (Å²) in [5.41, 5.74) is 1.29. The number of benzene rings is 2. The molecule has 3 atom stereocenters. The van der Waals surface area contributed by atoms with Crippen molar-refractivity contribution in [1.82, 2.24) is 9.80 Å². The molecule has 156 valence electrons. The average Bonchev–Trinajstić information content (AvgIpc) is 3.24. The average molecular weight is 435 g/mol. The first-order valence-electron chi connectivity index (χ1n) is 9.76. The standard InChI is InChI=1S/C22H26N2O3S.ClH/c1-23-14-18-15-24(16-20(18)22(23)17-8-4-2-5-9-17)21(25)12-13-28(26,27)19-10-6-3-7-11-19;/h2-11,18,20,22H,12-16H2,1H3;1H/t18-,20+,22-;/m0./s1. The summed E-state index contributed by atoms with van der Waals surface area (Å²) in [6.07, 6.45) is 0.0442. The molecule has 0 radical (unpaired) electrons.